The highest BCUT2D eigenvalue weighted by Gasteiger charge is 2.32. The average molecular weight is 544 g/mol. The number of nitrogens with one attached hydrogen (secondary N) is 1. The van der Waals surface area contributed by atoms with Gasteiger partial charge in [0.25, 0.3) is 5.56 Å². The van der Waals surface area contributed by atoms with Crippen LogP contribution >= 0.6 is 11.6 Å². The number of piperidine rings is 1. The number of hydrogen-bond acceptors (Lipinski definition) is 5. The van der Waals surface area contributed by atoms with Crippen LogP contribution in [0.1, 0.15) is 66.7 Å². The van der Waals surface area contributed by atoms with E-state index in [1.807, 2.05) is 13.8 Å². The Morgan fingerprint density at radius 1 is 1.26 bits per heavy atom. The normalized spacial score (nSPS) is 16.9. The molecule has 38 heavy (non-hydrogen) atoms. The van der Waals surface area contributed by atoms with E-state index in [-0.39, 0.29) is 35.1 Å². The number of likely N-dealkylation sites (tertiary alicyclic amines) is 1. The summed E-state index contributed by atoms with van der Waals surface area (Å²) < 4.78 is 23.5. The molecule has 0 aliphatic carbocycles. The summed E-state index contributed by atoms with van der Waals surface area (Å²) >= 11 is 6.05. The summed E-state index contributed by atoms with van der Waals surface area (Å²) in [5, 5.41) is 10.1. The summed E-state index contributed by atoms with van der Waals surface area (Å²) in [6, 6.07) is 8.63. The van der Waals surface area contributed by atoms with E-state index in [1.54, 1.807) is 35.9 Å². The van der Waals surface area contributed by atoms with Gasteiger partial charge in [-0.05, 0) is 62.9 Å². The SMILES string of the molecule is Cc1cn([C@H]2CCCN(C(CC(C)C)c3ccc(C(=O)O)c(Oc4cccc(Cl)c4)c3F)C2)c(=O)[nH]c1=O. The van der Waals surface area contributed by atoms with E-state index >= 15 is 4.39 Å². The summed E-state index contributed by atoms with van der Waals surface area (Å²) in [6.07, 6.45) is 3.68. The zero-order chi connectivity index (χ0) is 27.6. The molecule has 4 rings (SSSR count). The van der Waals surface area contributed by atoms with Crippen LogP contribution in [0.2, 0.25) is 5.02 Å². The number of halogens is 2. The minimum atomic E-state index is -1.31. The van der Waals surface area contributed by atoms with Crippen molar-refractivity contribution in [2.24, 2.45) is 5.92 Å². The second-order valence-corrected chi connectivity index (χ2v) is 10.6. The van der Waals surface area contributed by atoms with Crippen LogP contribution in [0, 0.1) is 18.7 Å². The van der Waals surface area contributed by atoms with Crippen molar-refractivity contribution in [3.05, 3.63) is 91.0 Å². The molecule has 1 fully saturated rings. The number of ether oxygens (including phenoxy) is 1. The van der Waals surface area contributed by atoms with Gasteiger partial charge in [-0.3, -0.25) is 19.2 Å². The third-order valence-electron chi connectivity index (χ3n) is 6.84. The standard InChI is InChI=1S/C28H31ClFN3O5/c1-16(2)12-23(32-11-5-7-19(15-32)33-14-17(3)26(34)31-28(33)37)21-9-10-22(27(35)36)25(24(21)30)38-20-8-4-6-18(29)13-20/h4,6,8-10,13-14,16,19,23H,5,7,11-12,15H2,1-3H3,(H,35,36)(H,31,34,37)/t19-,23?/m0/s1. The Balaban J connectivity index is 1.74. The van der Waals surface area contributed by atoms with E-state index in [9.17, 15) is 19.5 Å². The summed E-state index contributed by atoms with van der Waals surface area (Å²) in [7, 11) is 0. The summed E-state index contributed by atoms with van der Waals surface area (Å²) in [5.74, 6) is -1.99. The first-order valence-electron chi connectivity index (χ1n) is 12.6. The van der Waals surface area contributed by atoms with Crippen LogP contribution in [-0.4, -0.2) is 38.6 Å². The number of aromatic nitrogens is 2. The third-order valence-corrected chi connectivity index (χ3v) is 7.07. The molecule has 0 radical (unpaired) electrons. The van der Waals surface area contributed by atoms with Gasteiger partial charge in [-0.15, -0.1) is 0 Å². The van der Waals surface area contributed by atoms with Crippen molar-refractivity contribution < 1.29 is 19.0 Å². The summed E-state index contributed by atoms with van der Waals surface area (Å²) in [4.78, 5) is 40.9. The number of rotatable bonds is 8. The van der Waals surface area contributed by atoms with Crippen LogP contribution in [-0.2, 0) is 0 Å². The molecule has 8 nitrogen and oxygen atoms in total. The number of nitrogens with zero attached hydrogens (tertiary/aromatic N) is 2. The number of carboxylic acids is 1. The second kappa shape index (κ2) is 11.5. The van der Waals surface area contributed by atoms with Crippen LogP contribution in [0.4, 0.5) is 4.39 Å². The molecule has 1 aliphatic rings. The number of benzene rings is 2. The number of carboxylic acid groups (broad SMARTS) is 1. The van der Waals surface area contributed by atoms with Crippen molar-refractivity contribution in [3.8, 4) is 11.5 Å². The Kier molecular flexibility index (Phi) is 8.38. The number of carbonyl (C=O) groups is 1. The van der Waals surface area contributed by atoms with E-state index in [0.717, 1.165) is 12.8 Å². The van der Waals surface area contributed by atoms with Crippen molar-refractivity contribution >= 4 is 17.6 Å². The molecule has 3 aromatic rings. The zero-order valence-corrected chi connectivity index (χ0v) is 22.3. The second-order valence-electron chi connectivity index (χ2n) is 10.1. The van der Waals surface area contributed by atoms with Crippen molar-refractivity contribution in [2.75, 3.05) is 13.1 Å². The Morgan fingerprint density at radius 2 is 2.03 bits per heavy atom. The van der Waals surface area contributed by atoms with Crippen LogP contribution in [0.15, 0.2) is 52.2 Å². The Labute approximate surface area is 224 Å². The van der Waals surface area contributed by atoms with Crippen LogP contribution in [0.25, 0.3) is 0 Å². The predicted octanol–water partition coefficient (Wildman–Crippen LogP) is 5.55. The zero-order valence-electron chi connectivity index (χ0n) is 21.5. The molecule has 1 unspecified atom stereocenters. The van der Waals surface area contributed by atoms with E-state index in [0.29, 0.717) is 35.7 Å². The first-order valence-corrected chi connectivity index (χ1v) is 13.0. The van der Waals surface area contributed by atoms with Gasteiger partial charge in [-0.25, -0.2) is 14.0 Å². The van der Waals surface area contributed by atoms with Crippen LogP contribution < -0.4 is 16.0 Å². The highest BCUT2D eigenvalue weighted by molar-refractivity contribution is 6.30. The number of aromatic amines is 1. The summed E-state index contributed by atoms with van der Waals surface area (Å²) in [5.41, 5.74) is -0.405. The highest BCUT2D eigenvalue weighted by Crippen LogP contribution is 2.39. The third kappa shape index (κ3) is 6.00. The molecule has 0 spiro atoms. The molecule has 2 atom stereocenters. The molecule has 1 aromatic heterocycles. The van der Waals surface area contributed by atoms with Gasteiger partial charge in [-0.1, -0.05) is 37.6 Å². The van der Waals surface area contributed by atoms with E-state index in [1.165, 1.54) is 18.2 Å². The molecule has 1 aliphatic heterocycles. The molecule has 10 heteroatoms. The largest absolute Gasteiger partial charge is 0.478 e. The van der Waals surface area contributed by atoms with Crippen molar-refractivity contribution in [2.45, 2.75) is 52.1 Å². The van der Waals surface area contributed by atoms with Gasteiger partial charge in [0.05, 0.1) is 6.04 Å². The lowest BCUT2D eigenvalue weighted by Gasteiger charge is -2.40. The lowest BCUT2D eigenvalue weighted by Crippen LogP contribution is -2.43. The number of aryl methyl sites for hydroxylation is 1. The van der Waals surface area contributed by atoms with Gasteiger partial charge >= 0.3 is 11.7 Å². The number of hydrogen-bond donors (Lipinski definition) is 2. The van der Waals surface area contributed by atoms with Gasteiger partial charge in [0.1, 0.15) is 11.3 Å². The number of H-pyrrole nitrogens is 1. The molecule has 0 bridgehead atoms. The van der Waals surface area contributed by atoms with Crippen LogP contribution in [0.3, 0.4) is 0 Å². The van der Waals surface area contributed by atoms with E-state index in [2.05, 4.69) is 9.88 Å². The highest BCUT2D eigenvalue weighted by atomic mass is 35.5. The molecule has 2 aromatic carbocycles. The van der Waals surface area contributed by atoms with Gasteiger partial charge in [0.15, 0.2) is 11.6 Å². The maximum Gasteiger partial charge on any atom is 0.339 e. The fourth-order valence-corrected chi connectivity index (χ4v) is 5.20. The first-order chi connectivity index (χ1) is 18.0. The lowest BCUT2D eigenvalue weighted by atomic mass is 9.91. The van der Waals surface area contributed by atoms with E-state index < -0.39 is 23.0 Å². The fraction of sp³-hybridized carbons (Fsp3) is 0.393. The molecule has 0 saturated carbocycles. The van der Waals surface area contributed by atoms with Gasteiger partial charge in [0, 0.05) is 34.9 Å². The molecule has 0 amide bonds. The van der Waals surface area contributed by atoms with Gasteiger partial charge in [0.2, 0.25) is 0 Å². The topological polar surface area (TPSA) is 105 Å². The lowest BCUT2D eigenvalue weighted by molar-refractivity contribution is 0.0692. The van der Waals surface area contributed by atoms with E-state index in [4.69, 9.17) is 16.3 Å². The minimum absolute atomic E-state index is 0.203. The fourth-order valence-electron chi connectivity index (χ4n) is 5.02. The Morgan fingerprint density at radius 3 is 2.71 bits per heavy atom. The molecule has 1 saturated heterocycles. The summed E-state index contributed by atoms with van der Waals surface area (Å²) in [6.45, 7) is 6.87. The Hall–Kier alpha value is -3.43. The molecular weight excluding hydrogens is 513 g/mol. The van der Waals surface area contributed by atoms with Crippen molar-refractivity contribution in [1.29, 1.82) is 0 Å². The maximum absolute atomic E-state index is 16.2. The molecule has 2 N–H and O–H groups in total. The smallest absolute Gasteiger partial charge is 0.339 e. The quantitative estimate of drug-likeness (QED) is 0.386. The number of aromatic carboxylic acids is 1. The van der Waals surface area contributed by atoms with Gasteiger partial charge < -0.3 is 9.84 Å². The average Bonchev–Trinajstić information content (AvgIpc) is 2.86. The van der Waals surface area contributed by atoms with Crippen molar-refractivity contribution in [1.82, 2.24) is 14.5 Å². The monoisotopic (exact) mass is 543 g/mol. The Bertz CT molecular complexity index is 1450. The van der Waals surface area contributed by atoms with Crippen molar-refractivity contribution in [3.63, 3.8) is 0 Å². The molecular formula is C28H31ClFN3O5. The predicted molar refractivity (Wildman–Crippen MR) is 143 cm³/mol. The first kappa shape index (κ1) is 27.6. The minimum Gasteiger partial charge on any atom is -0.478 e. The van der Waals surface area contributed by atoms with Crippen LogP contribution in [0.5, 0.6) is 11.5 Å². The molecule has 202 valence electrons. The molecule has 2 heterocycles. The van der Waals surface area contributed by atoms with Gasteiger partial charge in [-0.2, -0.15) is 0 Å². The maximum atomic E-state index is 16.2.